The maximum atomic E-state index is 12.7. The first-order valence-electron chi connectivity index (χ1n) is 8.02. The van der Waals surface area contributed by atoms with Crippen LogP contribution in [0.3, 0.4) is 0 Å². The monoisotopic (exact) mass is 303 g/mol. The predicted octanol–water partition coefficient (Wildman–Crippen LogP) is 1.18. The second kappa shape index (κ2) is 7.94. The minimum atomic E-state index is -0.127. The second-order valence-electron chi connectivity index (χ2n) is 5.68. The summed E-state index contributed by atoms with van der Waals surface area (Å²) in [6.07, 6.45) is 2.52. The first kappa shape index (κ1) is 16.5. The number of hydrogen-bond acceptors (Lipinski definition) is 3. The van der Waals surface area contributed by atoms with Crippen LogP contribution in [0.15, 0.2) is 24.3 Å². The molecule has 2 rings (SSSR count). The van der Waals surface area contributed by atoms with Gasteiger partial charge in [0.25, 0.3) is 5.91 Å². The predicted molar refractivity (Wildman–Crippen MR) is 86.5 cm³/mol. The van der Waals surface area contributed by atoms with Crippen LogP contribution in [0.5, 0.6) is 0 Å². The molecule has 5 nitrogen and oxygen atoms in total. The van der Waals surface area contributed by atoms with Crippen LogP contribution >= 0.6 is 0 Å². The van der Waals surface area contributed by atoms with Crippen LogP contribution in [0.25, 0.3) is 0 Å². The first-order chi connectivity index (χ1) is 10.7. The standard InChI is InChI=1S/C17H25N3O2/c1-2-13-6-3-4-8-15(13)17(22)20-11-5-7-14(12-20)16(21)19-10-9-18/h3-4,6,8,14H,2,5,7,9-12,18H2,1H3,(H,19,21). The number of nitrogens with two attached hydrogens (primary N) is 1. The van der Waals surface area contributed by atoms with Gasteiger partial charge in [0.1, 0.15) is 0 Å². The van der Waals surface area contributed by atoms with E-state index in [1.807, 2.05) is 36.1 Å². The number of benzene rings is 1. The van der Waals surface area contributed by atoms with Crippen LogP contribution in [0.2, 0.25) is 0 Å². The second-order valence-corrected chi connectivity index (χ2v) is 5.68. The van der Waals surface area contributed by atoms with Crippen LogP contribution < -0.4 is 11.1 Å². The molecular weight excluding hydrogens is 278 g/mol. The molecule has 0 aromatic heterocycles. The Kier molecular flexibility index (Phi) is 5.95. The van der Waals surface area contributed by atoms with Crippen molar-refractivity contribution in [3.63, 3.8) is 0 Å². The molecule has 0 bridgehead atoms. The van der Waals surface area contributed by atoms with Crippen molar-refractivity contribution in [2.24, 2.45) is 11.7 Å². The Morgan fingerprint density at radius 2 is 2.14 bits per heavy atom. The third-order valence-electron chi connectivity index (χ3n) is 4.15. The van der Waals surface area contributed by atoms with Crippen molar-refractivity contribution in [3.05, 3.63) is 35.4 Å². The summed E-state index contributed by atoms with van der Waals surface area (Å²) in [5.41, 5.74) is 7.23. The van der Waals surface area contributed by atoms with Gasteiger partial charge in [0.15, 0.2) is 0 Å². The lowest BCUT2D eigenvalue weighted by Gasteiger charge is -2.32. The SMILES string of the molecule is CCc1ccccc1C(=O)N1CCCC(C(=O)NCCN)C1. The van der Waals surface area contributed by atoms with Crippen molar-refractivity contribution in [1.29, 1.82) is 0 Å². The summed E-state index contributed by atoms with van der Waals surface area (Å²) in [5, 5.41) is 2.82. The van der Waals surface area contributed by atoms with Gasteiger partial charge >= 0.3 is 0 Å². The van der Waals surface area contributed by atoms with E-state index in [2.05, 4.69) is 5.32 Å². The van der Waals surface area contributed by atoms with Crippen molar-refractivity contribution in [2.75, 3.05) is 26.2 Å². The number of hydrogen-bond donors (Lipinski definition) is 2. The summed E-state index contributed by atoms with van der Waals surface area (Å²) in [7, 11) is 0. The fourth-order valence-electron chi connectivity index (χ4n) is 2.92. The normalized spacial score (nSPS) is 18.1. The van der Waals surface area contributed by atoms with Gasteiger partial charge in [-0.2, -0.15) is 0 Å². The van der Waals surface area contributed by atoms with Crippen LogP contribution in [0.1, 0.15) is 35.7 Å². The third kappa shape index (κ3) is 3.85. The average Bonchev–Trinajstić information content (AvgIpc) is 2.59. The number of rotatable bonds is 5. The molecular formula is C17H25N3O2. The Morgan fingerprint density at radius 1 is 1.36 bits per heavy atom. The number of amides is 2. The van der Waals surface area contributed by atoms with Gasteiger partial charge in [0.2, 0.25) is 5.91 Å². The van der Waals surface area contributed by atoms with Gasteiger partial charge in [-0.3, -0.25) is 9.59 Å². The Hall–Kier alpha value is -1.88. The summed E-state index contributed by atoms with van der Waals surface area (Å²) in [6, 6.07) is 7.71. The highest BCUT2D eigenvalue weighted by atomic mass is 16.2. The summed E-state index contributed by atoms with van der Waals surface area (Å²) in [6.45, 7) is 4.18. The van der Waals surface area contributed by atoms with E-state index in [1.165, 1.54) is 0 Å². The van der Waals surface area contributed by atoms with Crippen LogP contribution in [-0.4, -0.2) is 42.9 Å². The third-order valence-corrected chi connectivity index (χ3v) is 4.15. The van der Waals surface area contributed by atoms with Crippen molar-refractivity contribution in [3.8, 4) is 0 Å². The average molecular weight is 303 g/mol. The van der Waals surface area contributed by atoms with Gasteiger partial charge in [0.05, 0.1) is 5.92 Å². The van der Waals surface area contributed by atoms with E-state index in [-0.39, 0.29) is 17.7 Å². The Labute approximate surface area is 131 Å². The number of carbonyl (C=O) groups excluding carboxylic acids is 2. The first-order valence-corrected chi connectivity index (χ1v) is 8.02. The largest absolute Gasteiger partial charge is 0.355 e. The number of nitrogens with zero attached hydrogens (tertiary/aromatic N) is 1. The molecule has 1 aliphatic heterocycles. The van der Waals surface area contributed by atoms with Crippen LogP contribution in [0.4, 0.5) is 0 Å². The van der Waals surface area contributed by atoms with Gasteiger partial charge in [-0.25, -0.2) is 0 Å². The molecule has 1 saturated heterocycles. The molecule has 1 aromatic rings. The number of aryl methyl sites for hydroxylation is 1. The maximum Gasteiger partial charge on any atom is 0.254 e. The van der Waals surface area contributed by atoms with Gasteiger partial charge in [-0.15, -0.1) is 0 Å². The minimum Gasteiger partial charge on any atom is -0.355 e. The molecule has 3 N–H and O–H groups in total. The van der Waals surface area contributed by atoms with Crippen molar-refractivity contribution in [2.45, 2.75) is 26.2 Å². The van der Waals surface area contributed by atoms with E-state index < -0.39 is 0 Å². The molecule has 1 unspecified atom stereocenters. The molecule has 0 aliphatic carbocycles. The fourth-order valence-corrected chi connectivity index (χ4v) is 2.92. The number of likely N-dealkylation sites (tertiary alicyclic amines) is 1. The van der Waals surface area contributed by atoms with E-state index in [4.69, 9.17) is 5.73 Å². The van der Waals surface area contributed by atoms with E-state index in [1.54, 1.807) is 0 Å². The number of nitrogens with one attached hydrogen (secondary N) is 1. The van der Waals surface area contributed by atoms with Crippen molar-refractivity contribution in [1.82, 2.24) is 10.2 Å². The topological polar surface area (TPSA) is 75.4 Å². The lowest BCUT2D eigenvalue weighted by Crippen LogP contribution is -2.46. The minimum absolute atomic E-state index is 0.00623. The molecule has 1 fully saturated rings. The Balaban J connectivity index is 2.05. The van der Waals surface area contributed by atoms with Crippen LogP contribution in [0, 0.1) is 5.92 Å². The highest BCUT2D eigenvalue weighted by Crippen LogP contribution is 2.20. The zero-order chi connectivity index (χ0) is 15.9. The van der Waals surface area contributed by atoms with Gasteiger partial charge in [0, 0.05) is 31.7 Å². The lowest BCUT2D eigenvalue weighted by molar-refractivity contribution is -0.126. The molecule has 120 valence electrons. The Morgan fingerprint density at radius 3 is 2.86 bits per heavy atom. The summed E-state index contributed by atoms with van der Waals surface area (Å²) < 4.78 is 0. The van der Waals surface area contributed by atoms with Crippen molar-refractivity contribution >= 4 is 11.8 Å². The van der Waals surface area contributed by atoms with E-state index in [9.17, 15) is 9.59 Å². The van der Waals surface area contributed by atoms with E-state index in [0.29, 0.717) is 19.6 Å². The summed E-state index contributed by atoms with van der Waals surface area (Å²) >= 11 is 0. The maximum absolute atomic E-state index is 12.7. The van der Waals surface area contributed by atoms with Gasteiger partial charge in [-0.05, 0) is 30.9 Å². The highest BCUT2D eigenvalue weighted by Gasteiger charge is 2.29. The van der Waals surface area contributed by atoms with Crippen molar-refractivity contribution < 1.29 is 9.59 Å². The summed E-state index contributed by atoms with van der Waals surface area (Å²) in [4.78, 5) is 26.6. The molecule has 22 heavy (non-hydrogen) atoms. The highest BCUT2D eigenvalue weighted by molar-refractivity contribution is 5.96. The molecule has 0 radical (unpaired) electrons. The lowest BCUT2D eigenvalue weighted by atomic mass is 9.95. The molecule has 2 amide bonds. The van der Waals surface area contributed by atoms with Gasteiger partial charge < -0.3 is 16.0 Å². The zero-order valence-electron chi connectivity index (χ0n) is 13.2. The molecule has 5 heteroatoms. The smallest absolute Gasteiger partial charge is 0.254 e. The van der Waals surface area contributed by atoms with E-state index >= 15 is 0 Å². The molecule has 1 aromatic carbocycles. The summed E-state index contributed by atoms with van der Waals surface area (Å²) in [5.74, 6) is -0.0847. The van der Waals surface area contributed by atoms with Gasteiger partial charge in [-0.1, -0.05) is 25.1 Å². The molecule has 0 spiro atoms. The number of piperidine rings is 1. The molecule has 0 saturated carbocycles. The molecule has 1 atom stereocenters. The zero-order valence-corrected chi connectivity index (χ0v) is 13.2. The number of carbonyl (C=O) groups is 2. The molecule has 1 aliphatic rings. The van der Waals surface area contributed by atoms with Crippen LogP contribution in [-0.2, 0) is 11.2 Å². The van der Waals surface area contributed by atoms with E-state index in [0.717, 1.165) is 36.9 Å². The Bertz CT molecular complexity index is 530. The molecule has 1 heterocycles. The quantitative estimate of drug-likeness (QED) is 0.857. The fraction of sp³-hybridized carbons (Fsp3) is 0.529.